The van der Waals surface area contributed by atoms with E-state index in [1.807, 2.05) is 20.2 Å². The van der Waals surface area contributed by atoms with Gasteiger partial charge in [-0.2, -0.15) is 0 Å². The zero-order valence-corrected chi connectivity index (χ0v) is 35.8. The van der Waals surface area contributed by atoms with Gasteiger partial charge in [0.1, 0.15) is 11.5 Å². The van der Waals surface area contributed by atoms with E-state index >= 15 is 0 Å². The number of rotatable bonds is 38. The number of carbonyl (C=O) groups excluding carboxylic acids is 2. The molecule has 0 aliphatic carbocycles. The topological polar surface area (TPSA) is 74.3 Å². The van der Waals surface area contributed by atoms with Crippen LogP contribution in [-0.4, -0.2) is 57.4 Å². The number of unbranched alkanes of at least 4 members (excludes halogenated alkanes) is 16. The molecule has 7 heteroatoms. The maximum Gasteiger partial charge on any atom is 0.305 e. The van der Waals surface area contributed by atoms with Gasteiger partial charge in [-0.25, -0.2) is 0 Å². The molecule has 7 nitrogen and oxygen atoms in total. The Hall–Kier alpha value is -3.06. The Labute approximate surface area is 337 Å². The molecule has 314 valence electrons. The lowest BCUT2D eigenvalue weighted by atomic mass is 10.1. The van der Waals surface area contributed by atoms with Crippen molar-refractivity contribution in [3.63, 3.8) is 0 Å². The molecule has 1 aromatic rings. The van der Waals surface area contributed by atoms with E-state index in [9.17, 15) is 9.59 Å². The molecule has 0 bridgehead atoms. The number of hydrogen-bond donors (Lipinski definition) is 0. The summed E-state index contributed by atoms with van der Waals surface area (Å²) in [6.07, 6.45) is 40.1. The molecule has 0 amide bonds. The molecule has 1 aromatic carbocycles. The van der Waals surface area contributed by atoms with E-state index in [2.05, 4.69) is 67.3 Å². The third-order valence-electron chi connectivity index (χ3n) is 9.28. The maximum absolute atomic E-state index is 12.2. The van der Waals surface area contributed by atoms with Gasteiger partial charge in [-0.1, -0.05) is 108 Å². The summed E-state index contributed by atoms with van der Waals surface area (Å²) in [4.78, 5) is 26.4. The quantitative estimate of drug-likeness (QED) is 0.0377. The van der Waals surface area contributed by atoms with Gasteiger partial charge in [-0.05, 0) is 122 Å². The molecule has 0 N–H and O–H groups in total. The Morgan fingerprint density at radius 3 is 1.42 bits per heavy atom. The van der Waals surface area contributed by atoms with E-state index in [0.717, 1.165) is 101 Å². The zero-order chi connectivity index (χ0) is 39.9. The van der Waals surface area contributed by atoms with E-state index < -0.39 is 0 Å². The number of benzene rings is 1. The second kappa shape index (κ2) is 37.8. The van der Waals surface area contributed by atoms with Crippen LogP contribution >= 0.6 is 0 Å². The minimum Gasteiger partial charge on any atom is -0.493 e. The molecule has 0 aliphatic rings. The van der Waals surface area contributed by atoms with Gasteiger partial charge in [-0.3, -0.25) is 9.59 Å². The highest BCUT2D eigenvalue weighted by Crippen LogP contribution is 2.24. The van der Waals surface area contributed by atoms with Crippen molar-refractivity contribution >= 4 is 11.9 Å². The second-order valence-electron chi connectivity index (χ2n) is 15.1. The fourth-order valence-corrected chi connectivity index (χ4v) is 6.10. The molecule has 0 atom stereocenters. The zero-order valence-electron chi connectivity index (χ0n) is 35.8. The molecule has 0 fully saturated rings. The summed E-state index contributed by atoms with van der Waals surface area (Å²) >= 11 is 0. The van der Waals surface area contributed by atoms with Crippen molar-refractivity contribution in [1.82, 2.24) is 4.90 Å². The number of esters is 2. The third-order valence-corrected chi connectivity index (χ3v) is 9.28. The van der Waals surface area contributed by atoms with Crippen molar-refractivity contribution in [1.29, 1.82) is 0 Å². The lowest BCUT2D eigenvalue weighted by Gasteiger charge is -2.15. The highest BCUT2D eigenvalue weighted by Gasteiger charge is 2.07. The average molecular weight is 768 g/mol. The predicted molar refractivity (Wildman–Crippen MR) is 231 cm³/mol. The van der Waals surface area contributed by atoms with Crippen LogP contribution < -0.4 is 9.47 Å². The number of hydrogen-bond acceptors (Lipinski definition) is 7. The molecular weight excluding hydrogens is 687 g/mol. The molecule has 0 saturated carbocycles. The maximum atomic E-state index is 12.2. The molecule has 0 aliphatic heterocycles. The van der Waals surface area contributed by atoms with Crippen LogP contribution in [0.3, 0.4) is 0 Å². The van der Waals surface area contributed by atoms with E-state index in [1.54, 1.807) is 0 Å². The second-order valence-corrected chi connectivity index (χ2v) is 15.1. The first kappa shape index (κ1) is 50.0. The number of ether oxygens (including phenoxy) is 4. The standard InChI is InChI=1S/C48H81NO6/c1-5-7-9-11-13-15-16-17-18-19-20-21-23-25-27-29-35-48(51)55-39-33-31-37-53-46-41-44(43-49(3)4)40-45(42-46)52-36-30-32-38-54-47(50)34-28-26-24-22-14-12-10-8-6-2/h10,12,15-16,18-19,40-42H,5-9,11,13-14,17,20-39,43H2,1-4H3/b12-10-,16-15-,19-18-. The minimum atomic E-state index is -0.0947. The molecule has 0 unspecified atom stereocenters. The molecule has 55 heavy (non-hydrogen) atoms. The normalized spacial score (nSPS) is 11.7. The van der Waals surface area contributed by atoms with E-state index in [-0.39, 0.29) is 11.9 Å². The van der Waals surface area contributed by atoms with Gasteiger partial charge < -0.3 is 23.8 Å². The highest BCUT2D eigenvalue weighted by atomic mass is 16.5. The summed E-state index contributed by atoms with van der Waals surface area (Å²) in [5.74, 6) is 1.38. The summed E-state index contributed by atoms with van der Waals surface area (Å²) in [6.45, 7) is 7.21. The molecule has 0 saturated heterocycles. The van der Waals surface area contributed by atoms with E-state index in [1.165, 1.54) is 70.6 Å². The third kappa shape index (κ3) is 34.0. The molecule has 1 rings (SSSR count). The smallest absolute Gasteiger partial charge is 0.305 e. The van der Waals surface area contributed by atoms with Gasteiger partial charge >= 0.3 is 11.9 Å². The molecular formula is C48H81NO6. The monoisotopic (exact) mass is 768 g/mol. The van der Waals surface area contributed by atoms with Gasteiger partial charge in [0.25, 0.3) is 0 Å². The van der Waals surface area contributed by atoms with Crippen LogP contribution in [-0.2, 0) is 25.6 Å². The Balaban J connectivity index is 2.12. The first-order valence-corrected chi connectivity index (χ1v) is 22.2. The van der Waals surface area contributed by atoms with E-state index in [0.29, 0.717) is 39.3 Å². The first-order valence-electron chi connectivity index (χ1n) is 22.2. The Kier molecular flexibility index (Phi) is 34.4. The van der Waals surface area contributed by atoms with Crippen molar-refractivity contribution in [3.8, 4) is 11.5 Å². The molecule has 0 aromatic heterocycles. The summed E-state index contributed by atoms with van der Waals surface area (Å²) in [7, 11) is 4.08. The summed E-state index contributed by atoms with van der Waals surface area (Å²) < 4.78 is 23.0. The highest BCUT2D eigenvalue weighted by molar-refractivity contribution is 5.69. The van der Waals surface area contributed by atoms with Crippen molar-refractivity contribution in [2.24, 2.45) is 0 Å². The SMILES string of the molecule is CCC/C=C\CCCCCCC(=O)OCCCCOc1cc(CN(C)C)cc(OCCCCOC(=O)CCCCCCC/C=C\C/C=C\CCCCCC)c1. The van der Waals surface area contributed by atoms with E-state index in [4.69, 9.17) is 18.9 Å². The van der Waals surface area contributed by atoms with Crippen molar-refractivity contribution in [2.75, 3.05) is 40.5 Å². The van der Waals surface area contributed by atoms with Gasteiger partial charge in [0.2, 0.25) is 0 Å². The largest absolute Gasteiger partial charge is 0.493 e. The lowest BCUT2D eigenvalue weighted by molar-refractivity contribution is -0.144. The Bertz CT molecular complexity index is 1140. The summed E-state index contributed by atoms with van der Waals surface area (Å²) in [5.41, 5.74) is 1.12. The van der Waals surface area contributed by atoms with Crippen LogP contribution in [0.4, 0.5) is 0 Å². The van der Waals surface area contributed by atoms with Crippen LogP contribution in [0.1, 0.15) is 180 Å². The molecule has 0 heterocycles. The fraction of sp³-hybridized carbons (Fsp3) is 0.708. The van der Waals surface area contributed by atoms with Crippen LogP contribution in [0.2, 0.25) is 0 Å². The van der Waals surface area contributed by atoms with Gasteiger partial charge in [0, 0.05) is 25.5 Å². The molecule has 0 spiro atoms. The predicted octanol–water partition coefficient (Wildman–Crippen LogP) is 13.1. The fourth-order valence-electron chi connectivity index (χ4n) is 6.10. The Morgan fingerprint density at radius 1 is 0.491 bits per heavy atom. The summed E-state index contributed by atoms with van der Waals surface area (Å²) in [6, 6.07) is 6.05. The Morgan fingerprint density at radius 2 is 0.927 bits per heavy atom. The average Bonchev–Trinajstić information content (AvgIpc) is 3.16. The van der Waals surface area contributed by atoms with Gasteiger partial charge in [0.15, 0.2) is 0 Å². The number of carbonyl (C=O) groups is 2. The van der Waals surface area contributed by atoms with Crippen LogP contribution in [0, 0.1) is 0 Å². The van der Waals surface area contributed by atoms with Crippen molar-refractivity contribution < 1.29 is 28.5 Å². The van der Waals surface area contributed by atoms with Gasteiger partial charge in [-0.15, -0.1) is 0 Å². The van der Waals surface area contributed by atoms with Crippen LogP contribution in [0.25, 0.3) is 0 Å². The van der Waals surface area contributed by atoms with Gasteiger partial charge in [0.05, 0.1) is 26.4 Å². The minimum absolute atomic E-state index is 0.0918. The number of nitrogens with zero attached hydrogens (tertiary/aromatic N) is 1. The number of allylic oxidation sites excluding steroid dienone is 6. The van der Waals surface area contributed by atoms with Crippen LogP contribution in [0.15, 0.2) is 54.7 Å². The van der Waals surface area contributed by atoms with Crippen molar-refractivity contribution in [2.45, 2.75) is 181 Å². The van der Waals surface area contributed by atoms with Crippen molar-refractivity contribution in [3.05, 3.63) is 60.2 Å². The lowest BCUT2D eigenvalue weighted by Crippen LogP contribution is -2.11. The first-order chi connectivity index (χ1) is 26.9. The molecule has 0 radical (unpaired) electrons. The summed E-state index contributed by atoms with van der Waals surface area (Å²) in [5, 5.41) is 0. The van der Waals surface area contributed by atoms with Crippen LogP contribution in [0.5, 0.6) is 11.5 Å².